The molecule has 0 radical (unpaired) electrons. The van der Waals surface area contributed by atoms with E-state index in [4.69, 9.17) is 0 Å². The maximum atomic E-state index is 10.8. The Kier molecular flexibility index (Phi) is 3.41. The molecule has 0 spiro atoms. The Hall–Kier alpha value is -0.600. The summed E-state index contributed by atoms with van der Waals surface area (Å²) in [7, 11) is -4.47. The molecule has 1 aromatic heterocycles. The average Bonchev–Trinajstić information content (AvgIpc) is 2.41. The minimum atomic E-state index is -4.47. The average molecular weight is 236 g/mol. The van der Waals surface area contributed by atoms with Gasteiger partial charge in [0.2, 0.25) is 0 Å². The van der Waals surface area contributed by atoms with Crippen LogP contribution in [0, 0.1) is 0 Å². The molecule has 2 N–H and O–H groups in total. The van der Waals surface area contributed by atoms with Crippen LogP contribution in [0.4, 0.5) is 0 Å². The third kappa shape index (κ3) is 2.50. The third-order valence-electron chi connectivity index (χ3n) is 1.78. The summed E-state index contributed by atoms with van der Waals surface area (Å²) in [5.41, 5.74) is 0.315. The van der Waals surface area contributed by atoms with E-state index in [-0.39, 0.29) is 34.5 Å². The number of imidazole rings is 1. The molecular weight excluding hydrogens is 231 g/mol. The number of fused-ring (bicyclic) bond motifs is 1. The molecule has 2 rings (SSSR count). The zero-order valence-corrected chi connectivity index (χ0v) is 10.6. The third-order valence-corrected chi connectivity index (χ3v) is 2.61. The summed E-state index contributed by atoms with van der Waals surface area (Å²) in [5, 5.41) is 0. The fourth-order valence-electron chi connectivity index (χ4n) is 1.17. The molecule has 0 bridgehead atoms. The number of aromatic nitrogens is 2. The first-order valence-electron chi connectivity index (χ1n) is 3.65. The van der Waals surface area contributed by atoms with Gasteiger partial charge >= 0.3 is 35.2 Å². The summed E-state index contributed by atoms with van der Waals surface area (Å²) in [6.07, 6.45) is 0. The zero-order valence-electron chi connectivity index (χ0n) is 7.77. The van der Waals surface area contributed by atoms with Crippen molar-refractivity contribution >= 4 is 21.2 Å². The van der Waals surface area contributed by atoms with Crippen LogP contribution in [-0.4, -0.2) is 22.9 Å². The van der Waals surface area contributed by atoms with Gasteiger partial charge in [0.15, 0.2) is 0 Å². The molecule has 8 heteroatoms. The van der Waals surface area contributed by atoms with Crippen molar-refractivity contribution in [1.82, 2.24) is 9.97 Å². The maximum Gasteiger partial charge on any atom is 1.00 e. The van der Waals surface area contributed by atoms with Gasteiger partial charge < -0.3 is 14.5 Å². The number of hydrogen-bond acceptors (Lipinski definition) is 4. The van der Waals surface area contributed by atoms with Gasteiger partial charge in [-0.05, 0) is 18.2 Å². The van der Waals surface area contributed by atoms with Crippen LogP contribution in [-0.2, 0) is 10.1 Å². The Morgan fingerprint density at radius 3 is 2.33 bits per heavy atom. The Bertz CT molecular complexity index is 642. The molecule has 1 aromatic carbocycles. The normalized spacial score (nSPS) is 11.3. The fourth-order valence-corrected chi connectivity index (χ4v) is 1.66. The summed E-state index contributed by atoms with van der Waals surface area (Å²) in [6, 6.07) is 3.63. The van der Waals surface area contributed by atoms with Crippen molar-refractivity contribution in [3.05, 3.63) is 28.7 Å². The number of hydrogen-bond donors (Lipinski definition) is 2. The van der Waals surface area contributed by atoms with E-state index in [2.05, 4.69) is 9.97 Å². The molecule has 0 saturated heterocycles. The molecule has 15 heavy (non-hydrogen) atoms. The second-order valence-corrected chi connectivity index (χ2v) is 4.12. The van der Waals surface area contributed by atoms with Crippen molar-refractivity contribution in [3.63, 3.8) is 0 Å². The van der Waals surface area contributed by atoms with Crippen LogP contribution in [0.2, 0.25) is 0 Å². The van der Waals surface area contributed by atoms with Crippen molar-refractivity contribution < 1.29 is 42.5 Å². The quantitative estimate of drug-likeness (QED) is 0.401. The molecular formula is C7H5N2NaO4S. The molecule has 0 aliphatic rings. The van der Waals surface area contributed by atoms with E-state index in [1.54, 1.807) is 0 Å². The molecule has 2 aromatic rings. The van der Waals surface area contributed by atoms with E-state index in [1.165, 1.54) is 6.07 Å². The first-order valence-corrected chi connectivity index (χ1v) is 5.05. The molecule has 0 fully saturated rings. The van der Waals surface area contributed by atoms with E-state index in [9.17, 15) is 17.8 Å². The number of rotatable bonds is 1. The number of H-pyrrole nitrogens is 2. The van der Waals surface area contributed by atoms with Gasteiger partial charge in [-0.1, -0.05) is 0 Å². The SMILES string of the molecule is O=c1[nH]c2ccc(S(=O)(=O)[O-])cc2[nH]1.[Na+]. The predicted octanol–water partition coefficient (Wildman–Crippen LogP) is -3.24. The van der Waals surface area contributed by atoms with Gasteiger partial charge in [-0.25, -0.2) is 13.2 Å². The Morgan fingerprint density at radius 1 is 1.13 bits per heavy atom. The Balaban J connectivity index is 0.00000112. The minimum Gasteiger partial charge on any atom is -0.744 e. The zero-order chi connectivity index (χ0) is 10.3. The van der Waals surface area contributed by atoms with E-state index in [1.807, 2.05) is 0 Å². The van der Waals surface area contributed by atoms with Gasteiger partial charge in [-0.2, -0.15) is 0 Å². The van der Waals surface area contributed by atoms with Crippen molar-refractivity contribution in [2.75, 3.05) is 0 Å². The molecule has 1 heterocycles. The summed E-state index contributed by atoms with van der Waals surface area (Å²) < 4.78 is 31.9. The van der Waals surface area contributed by atoms with Crippen molar-refractivity contribution in [3.8, 4) is 0 Å². The maximum absolute atomic E-state index is 10.8. The Labute approximate surface area is 107 Å². The van der Waals surface area contributed by atoms with Gasteiger partial charge in [0.25, 0.3) is 0 Å². The molecule has 0 saturated carbocycles. The van der Waals surface area contributed by atoms with E-state index in [0.29, 0.717) is 11.0 Å². The predicted molar refractivity (Wildman–Crippen MR) is 46.9 cm³/mol. The number of nitrogens with one attached hydrogen (secondary N) is 2. The topological polar surface area (TPSA) is 106 Å². The first-order chi connectivity index (χ1) is 6.47. The van der Waals surface area contributed by atoms with Gasteiger partial charge in [-0.3, -0.25) is 0 Å². The van der Waals surface area contributed by atoms with Gasteiger partial charge in [-0.15, -0.1) is 0 Å². The van der Waals surface area contributed by atoms with E-state index in [0.717, 1.165) is 12.1 Å². The molecule has 6 nitrogen and oxygen atoms in total. The van der Waals surface area contributed by atoms with Crippen LogP contribution in [0.5, 0.6) is 0 Å². The summed E-state index contributed by atoms with van der Waals surface area (Å²) in [5.74, 6) is 0. The van der Waals surface area contributed by atoms with Crippen molar-refractivity contribution in [2.24, 2.45) is 0 Å². The number of aromatic amines is 2. The van der Waals surface area contributed by atoms with Crippen LogP contribution in [0.1, 0.15) is 0 Å². The summed E-state index contributed by atoms with van der Waals surface area (Å²) in [4.78, 5) is 15.2. The molecule has 0 amide bonds. The van der Waals surface area contributed by atoms with Crippen LogP contribution in [0.25, 0.3) is 11.0 Å². The van der Waals surface area contributed by atoms with E-state index < -0.39 is 15.8 Å². The second-order valence-electron chi connectivity index (χ2n) is 2.74. The minimum absolute atomic E-state index is 0. The molecule has 74 valence electrons. The second kappa shape index (κ2) is 4.11. The fraction of sp³-hybridized carbons (Fsp3) is 0. The van der Waals surface area contributed by atoms with Gasteiger partial charge in [0.05, 0.1) is 15.9 Å². The van der Waals surface area contributed by atoms with Crippen LogP contribution < -0.4 is 35.2 Å². The summed E-state index contributed by atoms with van der Waals surface area (Å²) >= 11 is 0. The molecule has 0 aliphatic carbocycles. The smallest absolute Gasteiger partial charge is 0.744 e. The summed E-state index contributed by atoms with van der Waals surface area (Å²) in [6.45, 7) is 0. The van der Waals surface area contributed by atoms with Crippen LogP contribution in [0.15, 0.2) is 27.9 Å². The largest absolute Gasteiger partial charge is 1.00 e. The molecule has 0 aliphatic heterocycles. The molecule has 0 atom stereocenters. The first kappa shape index (κ1) is 12.5. The number of benzene rings is 1. The van der Waals surface area contributed by atoms with Crippen LogP contribution >= 0.6 is 0 Å². The van der Waals surface area contributed by atoms with Gasteiger partial charge in [0.1, 0.15) is 10.1 Å². The molecule has 0 unspecified atom stereocenters. The van der Waals surface area contributed by atoms with E-state index >= 15 is 0 Å². The monoisotopic (exact) mass is 236 g/mol. The Morgan fingerprint density at radius 2 is 1.73 bits per heavy atom. The van der Waals surface area contributed by atoms with Crippen molar-refractivity contribution in [1.29, 1.82) is 0 Å². The van der Waals surface area contributed by atoms with Gasteiger partial charge in [0, 0.05) is 0 Å². The van der Waals surface area contributed by atoms with Crippen molar-refractivity contribution in [2.45, 2.75) is 4.90 Å². The van der Waals surface area contributed by atoms with Crippen LogP contribution in [0.3, 0.4) is 0 Å². The standard InChI is InChI=1S/C7H6N2O4S.Na/c10-7-8-5-2-1-4(14(11,12)13)3-6(5)9-7;/h1-3H,(H2,8,9,10)(H,11,12,13);/q;+1/p-1.